The summed E-state index contributed by atoms with van der Waals surface area (Å²) in [5.74, 6) is 0.478. The molecule has 1 unspecified atom stereocenters. The SMILES string of the molecule is COCCCN1C(=O)/C(=C\c2cc3c(cc2C)N(C)C(C)(C)CC3C)SC1=Nc1ccccc1. The molecule has 0 bridgehead atoms. The molecule has 0 N–H and O–H groups in total. The van der Waals surface area contributed by atoms with Crippen molar-refractivity contribution in [2.24, 2.45) is 4.99 Å². The largest absolute Gasteiger partial charge is 0.385 e. The van der Waals surface area contributed by atoms with Gasteiger partial charge in [-0.15, -0.1) is 0 Å². The maximum atomic E-state index is 13.4. The molecule has 0 saturated carbocycles. The number of hydrogen-bond acceptors (Lipinski definition) is 5. The smallest absolute Gasteiger partial charge is 0.266 e. The van der Waals surface area contributed by atoms with Gasteiger partial charge in [0.05, 0.1) is 10.6 Å². The van der Waals surface area contributed by atoms with E-state index in [0.717, 1.165) is 29.3 Å². The van der Waals surface area contributed by atoms with Crippen LogP contribution in [0, 0.1) is 6.92 Å². The number of benzene rings is 2. The summed E-state index contributed by atoms with van der Waals surface area (Å²) in [6.45, 7) is 10.2. The summed E-state index contributed by atoms with van der Waals surface area (Å²) >= 11 is 1.46. The van der Waals surface area contributed by atoms with E-state index in [1.165, 1.54) is 28.6 Å². The molecule has 1 amide bonds. The molecule has 5 nitrogen and oxygen atoms in total. The van der Waals surface area contributed by atoms with Crippen molar-refractivity contribution >= 4 is 40.3 Å². The van der Waals surface area contributed by atoms with Crippen LogP contribution in [0.1, 0.15) is 56.2 Å². The van der Waals surface area contributed by atoms with Crippen LogP contribution in [0.5, 0.6) is 0 Å². The fraction of sp³-hybridized carbons (Fsp3) is 0.429. The van der Waals surface area contributed by atoms with Crippen LogP contribution in [0.2, 0.25) is 0 Å². The molecule has 180 valence electrons. The number of hydrogen-bond donors (Lipinski definition) is 0. The second-order valence-corrected chi connectivity index (χ2v) is 10.9. The molecule has 34 heavy (non-hydrogen) atoms. The molecule has 2 aromatic carbocycles. The summed E-state index contributed by atoms with van der Waals surface area (Å²) < 4.78 is 5.21. The molecule has 0 radical (unpaired) electrons. The minimum atomic E-state index is 0.0132. The van der Waals surface area contributed by atoms with Crippen molar-refractivity contribution in [2.75, 3.05) is 32.2 Å². The van der Waals surface area contributed by atoms with Gasteiger partial charge in [-0.1, -0.05) is 25.1 Å². The molecule has 0 aromatic heterocycles. The summed E-state index contributed by atoms with van der Waals surface area (Å²) in [7, 11) is 3.87. The number of aryl methyl sites for hydroxylation is 1. The normalized spacial score (nSPS) is 22.1. The van der Waals surface area contributed by atoms with E-state index in [0.29, 0.717) is 24.0 Å². The fourth-order valence-corrected chi connectivity index (χ4v) is 5.82. The van der Waals surface area contributed by atoms with Crippen molar-refractivity contribution in [3.63, 3.8) is 0 Å². The maximum absolute atomic E-state index is 13.4. The van der Waals surface area contributed by atoms with E-state index in [1.54, 1.807) is 12.0 Å². The Morgan fingerprint density at radius 2 is 1.97 bits per heavy atom. The Hall–Kier alpha value is -2.57. The highest BCUT2D eigenvalue weighted by Crippen LogP contribution is 2.44. The lowest BCUT2D eigenvalue weighted by atomic mass is 9.79. The lowest BCUT2D eigenvalue weighted by molar-refractivity contribution is -0.122. The number of carbonyl (C=O) groups is 1. The van der Waals surface area contributed by atoms with Gasteiger partial charge in [0.25, 0.3) is 5.91 Å². The van der Waals surface area contributed by atoms with Crippen molar-refractivity contribution in [3.05, 3.63) is 64.1 Å². The van der Waals surface area contributed by atoms with Crippen LogP contribution in [-0.2, 0) is 9.53 Å². The Kier molecular flexibility index (Phi) is 7.20. The van der Waals surface area contributed by atoms with E-state index in [9.17, 15) is 4.79 Å². The number of anilines is 1. The second-order valence-electron chi connectivity index (χ2n) is 9.89. The molecule has 0 aliphatic carbocycles. The first kappa shape index (κ1) is 24.6. The van der Waals surface area contributed by atoms with Crippen LogP contribution in [0.4, 0.5) is 11.4 Å². The fourth-order valence-electron chi connectivity index (χ4n) is 4.80. The summed E-state index contributed by atoms with van der Waals surface area (Å²) in [5, 5.41) is 0.726. The molecule has 2 aliphatic heterocycles. The van der Waals surface area contributed by atoms with Crippen LogP contribution < -0.4 is 4.90 Å². The van der Waals surface area contributed by atoms with Crippen molar-refractivity contribution in [2.45, 2.75) is 52.0 Å². The van der Waals surface area contributed by atoms with Crippen LogP contribution in [0.15, 0.2) is 52.4 Å². The van der Waals surface area contributed by atoms with Gasteiger partial charge in [0, 0.05) is 38.5 Å². The van der Waals surface area contributed by atoms with E-state index in [2.05, 4.69) is 51.8 Å². The highest BCUT2D eigenvalue weighted by atomic mass is 32.2. The van der Waals surface area contributed by atoms with Crippen LogP contribution >= 0.6 is 11.8 Å². The third-order valence-electron chi connectivity index (χ3n) is 6.91. The standard InChI is InChI=1S/C28H35N3O2S/c1-19-15-24-23(20(2)18-28(3,4)30(24)5)16-21(19)17-25-26(32)31(13-10-14-33-6)27(34-25)29-22-11-8-7-9-12-22/h7-9,11-12,15-17,20H,10,13-14,18H2,1-6H3/b25-17+,29-27?. The predicted molar refractivity (Wildman–Crippen MR) is 144 cm³/mol. The van der Waals surface area contributed by atoms with Crippen LogP contribution in [0.3, 0.4) is 0 Å². The Labute approximate surface area is 207 Å². The van der Waals surface area contributed by atoms with Crippen molar-refractivity contribution in [1.29, 1.82) is 0 Å². The Morgan fingerprint density at radius 3 is 2.68 bits per heavy atom. The molecule has 4 rings (SSSR count). The third-order valence-corrected chi connectivity index (χ3v) is 7.91. The molecule has 2 aliphatic rings. The Morgan fingerprint density at radius 1 is 1.24 bits per heavy atom. The number of rotatable bonds is 6. The molecule has 0 spiro atoms. The van der Waals surface area contributed by atoms with Gasteiger partial charge in [-0.05, 0) is 98.3 Å². The highest BCUT2D eigenvalue weighted by molar-refractivity contribution is 8.18. The molecule has 2 aromatic rings. The molecular formula is C28H35N3O2S. The Balaban J connectivity index is 1.69. The van der Waals surface area contributed by atoms with E-state index < -0.39 is 0 Å². The van der Waals surface area contributed by atoms with Gasteiger partial charge in [0.1, 0.15) is 0 Å². The lowest BCUT2D eigenvalue weighted by Gasteiger charge is -2.45. The second kappa shape index (κ2) is 9.96. The first-order chi connectivity index (χ1) is 16.2. The zero-order valence-electron chi connectivity index (χ0n) is 21.1. The number of nitrogens with zero attached hydrogens (tertiary/aromatic N) is 3. The minimum Gasteiger partial charge on any atom is -0.385 e. The number of aliphatic imine (C=N–C) groups is 1. The van der Waals surface area contributed by atoms with Gasteiger partial charge in [-0.2, -0.15) is 0 Å². The Bertz CT molecular complexity index is 1120. The van der Waals surface area contributed by atoms with Crippen LogP contribution in [-0.4, -0.2) is 48.8 Å². The van der Waals surface area contributed by atoms with Crippen molar-refractivity contribution < 1.29 is 9.53 Å². The van der Waals surface area contributed by atoms with Crippen LogP contribution in [0.25, 0.3) is 6.08 Å². The molecule has 1 fully saturated rings. The van der Waals surface area contributed by atoms with Gasteiger partial charge in [0.15, 0.2) is 5.17 Å². The number of thioether (sulfide) groups is 1. The van der Waals surface area contributed by atoms with Gasteiger partial charge >= 0.3 is 0 Å². The van der Waals surface area contributed by atoms with Gasteiger partial charge < -0.3 is 9.64 Å². The summed E-state index contributed by atoms with van der Waals surface area (Å²) in [6.07, 6.45) is 3.91. The quantitative estimate of drug-likeness (QED) is 0.359. The summed E-state index contributed by atoms with van der Waals surface area (Å²) in [5.41, 5.74) is 5.90. The first-order valence-electron chi connectivity index (χ1n) is 11.9. The van der Waals surface area contributed by atoms with Gasteiger partial charge in [0.2, 0.25) is 0 Å². The zero-order chi connectivity index (χ0) is 24.5. The number of fused-ring (bicyclic) bond motifs is 1. The minimum absolute atomic E-state index is 0.0132. The number of para-hydroxylation sites is 1. The number of carbonyl (C=O) groups excluding carboxylic acids is 1. The lowest BCUT2D eigenvalue weighted by Crippen LogP contribution is -2.45. The van der Waals surface area contributed by atoms with Gasteiger partial charge in [-0.3, -0.25) is 9.69 Å². The average Bonchev–Trinajstić information content (AvgIpc) is 3.08. The zero-order valence-corrected chi connectivity index (χ0v) is 21.9. The van der Waals surface area contributed by atoms with E-state index >= 15 is 0 Å². The summed E-state index contributed by atoms with van der Waals surface area (Å²) in [4.78, 5) is 23.1. The topological polar surface area (TPSA) is 45.1 Å². The number of ether oxygens (including phenoxy) is 1. The van der Waals surface area contributed by atoms with E-state index in [-0.39, 0.29) is 11.4 Å². The molecular weight excluding hydrogens is 442 g/mol. The van der Waals surface area contributed by atoms with Crippen molar-refractivity contribution in [1.82, 2.24) is 4.90 Å². The van der Waals surface area contributed by atoms with E-state index in [4.69, 9.17) is 9.73 Å². The predicted octanol–water partition coefficient (Wildman–Crippen LogP) is 6.36. The number of amides is 1. The highest BCUT2D eigenvalue weighted by Gasteiger charge is 2.36. The molecule has 2 heterocycles. The number of amidine groups is 1. The first-order valence-corrected chi connectivity index (χ1v) is 12.8. The van der Waals surface area contributed by atoms with E-state index in [1.807, 2.05) is 36.4 Å². The molecule has 6 heteroatoms. The number of methoxy groups -OCH3 is 1. The monoisotopic (exact) mass is 477 g/mol. The molecule has 1 atom stereocenters. The average molecular weight is 478 g/mol. The molecule has 1 saturated heterocycles. The third kappa shape index (κ3) is 4.93. The maximum Gasteiger partial charge on any atom is 0.266 e. The summed E-state index contributed by atoms with van der Waals surface area (Å²) in [6, 6.07) is 14.4. The van der Waals surface area contributed by atoms with Crippen molar-refractivity contribution in [3.8, 4) is 0 Å². The van der Waals surface area contributed by atoms with Gasteiger partial charge in [-0.25, -0.2) is 4.99 Å².